The zero-order valence-corrected chi connectivity index (χ0v) is 15.9. The first kappa shape index (κ1) is 20.2. The number of aromatic amines is 1. The van der Waals surface area contributed by atoms with E-state index < -0.39 is 7.82 Å². The fourth-order valence-electron chi connectivity index (χ4n) is 3.58. The van der Waals surface area contributed by atoms with Gasteiger partial charge in [-0.2, -0.15) is 10.4 Å². The Balaban J connectivity index is 0.000000403. The van der Waals surface area contributed by atoms with Gasteiger partial charge in [0.1, 0.15) is 12.0 Å². The van der Waals surface area contributed by atoms with E-state index in [-0.39, 0.29) is 0 Å². The molecule has 1 fully saturated rings. The Bertz CT molecular complexity index is 1010. The Morgan fingerprint density at radius 1 is 1.32 bits per heavy atom. The average molecular weight is 404 g/mol. The van der Waals surface area contributed by atoms with Gasteiger partial charge in [0, 0.05) is 29.8 Å². The van der Waals surface area contributed by atoms with Crippen molar-refractivity contribution in [2.45, 2.75) is 38.1 Å². The maximum atomic E-state index is 8.88. The molecule has 148 valence electrons. The molecule has 0 saturated heterocycles. The molecule has 0 amide bonds. The first-order chi connectivity index (χ1) is 13.3. The van der Waals surface area contributed by atoms with E-state index in [9.17, 15) is 0 Å². The van der Waals surface area contributed by atoms with Gasteiger partial charge >= 0.3 is 7.82 Å². The lowest BCUT2D eigenvalue weighted by Gasteiger charge is -2.10. The van der Waals surface area contributed by atoms with Crippen LogP contribution in [-0.2, 0) is 4.57 Å². The number of aromatic nitrogens is 5. The number of H-pyrrole nitrogens is 1. The minimum absolute atomic E-state index is 0.441. The summed E-state index contributed by atoms with van der Waals surface area (Å²) in [5.41, 5.74) is 2.79. The molecule has 2 atom stereocenters. The number of nitrogens with zero attached hydrogens (tertiary/aromatic N) is 5. The van der Waals surface area contributed by atoms with E-state index in [1.54, 1.807) is 6.33 Å². The van der Waals surface area contributed by atoms with Crippen molar-refractivity contribution in [1.29, 1.82) is 5.26 Å². The monoisotopic (exact) mass is 404 g/mol. The van der Waals surface area contributed by atoms with E-state index in [0.29, 0.717) is 18.4 Å². The van der Waals surface area contributed by atoms with E-state index in [2.05, 4.69) is 37.0 Å². The van der Waals surface area contributed by atoms with E-state index in [4.69, 9.17) is 24.5 Å². The number of fused-ring (bicyclic) bond motifs is 1. The van der Waals surface area contributed by atoms with Gasteiger partial charge in [0.25, 0.3) is 0 Å². The normalized spacial score (nSPS) is 19.2. The number of phosphoric acid groups is 1. The van der Waals surface area contributed by atoms with Gasteiger partial charge < -0.3 is 19.7 Å². The van der Waals surface area contributed by atoms with Crippen molar-refractivity contribution < 1.29 is 19.2 Å². The van der Waals surface area contributed by atoms with Crippen molar-refractivity contribution in [1.82, 2.24) is 24.7 Å². The fraction of sp³-hybridized carbons (Fsp3) is 0.412. The molecular weight excluding hydrogens is 383 g/mol. The fourth-order valence-corrected chi connectivity index (χ4v) is 3.58. The Morgan fingerprint density at radius 2 is 2.11 bits per heavy atom. The minimum atomic E-state index is -4.64. The van der Waals surface area contributed by atoms with Crippen LogP contribution in [0.4, 0.5) is 0 Å². The third-order valence-corrected chi connectivity index (χ3v) is 4.78. The molecule has 3 aromatic rings. The van der Waals surface area contributed by atoms with Crippen LogP contribution < -0.4 is 0 Å². The Hall–Kier alpha value is -2.57. The van der Waals surface area contributed by atoms with Gasteiger partial charge in [0.15, 0.2) is 0 Å². The van der Waals surface area contributed by atoms with Crippen LogP contribution in [0.15, 0.2) is 31.0 Å². The lowest BCUT2D eigenvalue weighted by atomic mass is 10.0. The second kappa shape index (κ2) is 8.63. The van der Waals surface area contributed by atoms with Crippen LogP contribution in [-0.4, -0.2) is 39.4 Å². The highest BCUT2D eigenvalue weighted by atomic mass is 31.2. The van der Waals surface area contributed by atoms with Gasteiger partial charge in [-0.3, -0.25) is 4.68 Å². The molecule has 0 aliphatic heterocycles. The summed E-state index contributed by atoms with van der Waals surface area (Å²) in [5.74, 6) is 0.655. The quantitative estimate of drug-likeness (QED) is 0.482. The zero-order chi connectivity index (χ0) is 20.1. The predicted octanol–water partition coefficient (Wildman–Crippen LogP) is 2.54. The third-order valence-electron chi connectivity index (χ3n) is 4.78. The van der Waals surface area contributed by atoms with Crippen LogP contribution in [0.3, 0.4) is 0 Å². The molecule has 0 spiro atoms. The topological polar surface area (TPSA) is 161 Å². The molecule has 28 heavy (non-hydrogen) atoms. The molecule has 0 aromatic carbocycles. The lowest BCUT2D eigenvalue weighted by molar-refractivity contribution is 0.275. The summed E-state index contributed by atoms with van der Waals surface area (Å²) in [6, 6.07) is 4.69. The summed E-state index contributed by atoms with van der Waals surface area (Å²) >= 11 is 0. The third kappa shape index (κ3) is 5.24. The maximum absolute atomic E-state index is 8.88. The van der Waals surface area contributed by atoms with Crippen LogP contribution in [0.25, 0.3) is 22.3 Å². The molecule has 4 N–H and O–H groups in total. The standard InChI is InChI=1S/C17H18N6.H3O4P/c18-6-1-2-12-3-4-14(8-12)23-10-13(9-22-23)16-15-5-7-19-17(15)21-11-20-16;1-5(2,3)4/h5,7,9-12,14H,1-4,8H2,(H,19,20,21);(H3,1,2,3,4). The average Bonchev–Trinajstić information content (AvgIpc) is 3.37. The van der Waals surface area contributed by atoms with Crippen molar-refractivity contribution in [3.8, 4) is 17.3 Å². The Morgan fingerprint density at radius 3 is 2.86 bits per heavy atom. The van der Waals surface area contributed by atoms with E-state index in [0.717, 1.165) is 41.6 Å². The van der Waals surface area contributed by atoms with E-state index in [1.807, 2.05) is 18.5 Å². The second-order valence-electron chi connectivity index (χ2n) is 6.71. The highest BCUT2D eigenvalue weighted by Crippen LogP contribution is 2.37. The number of hydrogen-bond donors (Lipinski definition) is 4. The Labute approximate surface area is 161 Å². The summed E-state index contributed by atoms with van der Waals surface area (Å²) in [6.45, 7) is 0. The summed E-state index contributed by atoms with van der Waals surface area (Å²) in [6.07, 6.45) is 12.6. The second-order valence-corrected chi connectivity index (χ2v) is 7.74. The van der Waals surface area contributed by atoms with Gasteiger partial charge in [0.2, 0.25) is 0 Å². The van der Waals surface area contributed by atoms with Crippen molar-refractivity contribution in [3.05, 3.63) is 31.0 Å². The molecule has 1 aliphatic rings. The summed E-state index contributed by atoms with van der Waals surface area (Å²) < 4.78 is 11.0. The van der Waals surface area contributed by atoms with Crippen molar-refractivity contribution >= 4 is 18.9 Å². The van der Waals surface area contributed by atoms with Crippen LogP contribution in [0.2, 0.25) is 0 Å². The number of nitriles is 1. The summed E-state index contributed by atoms with van der Waals surface area (Å²) in [7, 11) is -4.64. The van der Waals surface area contributed by atoms with Crippen LogP contribution in [0.1, 0.15) is 38.1 Å². The van der Waals surface area contributed by atoms with Crippen molar-refractivity contribution in [3.63, 3.8) is 0 Å². The van der Waals surface area contributed by atoms with Crippen molar-refractivity contribution in [2.75, 3.05) is 0 Å². The minimum Gasteiger partial charge on any atom is -0.346 e. The van der Waals surface area contributed by atoms with Crippen LogP contribution in [0.5, 0.6) is 0 Å². The maximum Gasteiger partial charge on any atom is 0.466 e. The molecule has 3 aromatic heterocycles. The van der Waals surface area contributed by atoms with Crippen molar-refractivity contribution in [2.24, 2.45) is 5.92 Å². The smallest absolute Gasteiger partial charge is 0.346 e. The first-order valence-electron chi connectivity index (χ1n) is 8.83. The SMILES string of the molecule is N#CCCC1CCC(n2cc(-c3ncnc4[nH]ccc34)cn2)C1.O=P(O)(O)O. The molecule has 0 bridgehead atoms. The molecule has 3 heterocycles. The zero-order valence-electron chi connectivity index (χ0n) is 15.0. The van der Waals surface area contributed by atoms with Crippen LogP contribution >= 0.6 is 7.82 Å². The van der Waals surface area contributed by atoms with Gasteiger partial charge in [0.05, 0.1) is 24.0 Å². The number of nitrogens with one attached hydrogen (secondary N) is 1. The first-order valence-corrected chi connectivity index (χ1v) is 10.4. The molecule has 4 rings (SSSR count). The van der Waals surface area contributed by atoms with Gasteiger partial charge in [-0.05, 0) is 37.7 Å². The molecule has 11 heteroatoms. The van der Waals surface area contributed by atoms with Gasteiger partial charge in [-0.25, -0.2) is 14.5 Å². The number of hydrogen-bond acceptors (Lipinski definition) is 5. The van der Waals surface area contributed by atoms with E-state index >= 15 is 0 Å². The van der Waals surface area contributed by atoms with Gasteiger partial charge in [-0.15, -0.1) is 0 Å². The predicted molar refractivity (Wildman–Crippen MR) is 101 cm³/mol. The molecule has 2 unspecified atom stereocenters. The molecular formula is C17H21N6O4P. The Kier molecular flexibility index (Phi) is 6.21. The highest BCUT2D eigenvalue weighted by molar-refractivity contribution is 7.45. The molecule has 10 nitrogen and oxygen atoms in total. The highest BCUT2D eigenvalue weighted by Gasteiger charge is 2.26. The number of rotatable bonds is 4. The molecule has 1 aliphatic carbocycles. The largest absolute Gasteiger partial charge is 0.466 e. The summed E-state index contributed by atoms with van der Waals surface area (Å²) in [4.78, 5) is 33.3. The van der Waals surface area contributed by atoms with Crippen LogP contribution in [0, 0.1) is 17.2 Å². The van der Waals surface area contributed by atoms with E-state index in [1.165, 1.54) is 6.42 Å². The molecule has 1 saturated carbocycles. The van der Waals surface area contributed by atoms with Gasteiger partial charge in [-0.1, -0.05) is 0 Å². The molecule has 0 radical (unpaired) electrons. The summed E-state index contributed by atoms with van der Waals surface area (Å²) in [5, 5.41) is 14.3. The lowest BCUT2D eigenvalue weighted by Crippen LogP contribution is -2.06.